The molecule has 0 aliphatic rings. The monoisotopic (exact) mass is 368 g/mol. The van der Waals surface area contributed by atoms with Crippen LogP contribution in [0.15, 0.2) is 60.9 Å². The largest absolute Gasteiger partial charge is 0.382 e. The molecule has 0 amide bonds. The van der Waals surface area contributed by atoms with Crippen LogP contribution in [0.5, 0.6) is 0 Å². The van der Waals surface area contributed by atoms with Crippen LogP contribution in [-0.2, 0) is 0 Å². The first-order valence-corrected chi connectivity index (χ1v) is 9.32. The van der Waals surface area contributed by atoms with Crippen LogP contribution in [0.2, 0.25) is 0 Å². The fourth-order valence-electron chi connectivity index (χ4n) is 3.44. The summed E-state index contributed by atoms with van der Waals surface area (Å²) in [6, 6.07) is 16.7. The van der Waals surface area contributed by atoms with Gasteiger partial charge in [0.05, 0.1) is 22.6 Å². The number of hydrogen-bond acceptors (Lipinski definition) is 4. The van der Waals surface area contributed by atoms with Gasteiger partial charge in [-0.3, -0.25) is 10.1 Å². The number of hydrogen-bond donors (Lipinski definition) is 3. The van der Waals surface area contributed by atoms with Crippen LogP contribution >= 0.6 is 0 Å². The van der Waals surface area contributed by atoms with Gasteiger partial charge in [0.1, 0.15) is 11.2 Å². The van der Waals surface area contributed by atoms with Crippen LogP contribution in [0.1, 0.15) is 13.8 Å². The van der Waals surface area contributed by atoms with E-state index in [4.69, 9.17) is 4.98 Å². The zero-order valence-electron chi connectivity index (χ0n) is 15.7. The van der Waals surface area contributed by atoms with Crippen molar-refractivity contribution in [3.8, 4) is 22.6 Å². The van der Waals surface area contributed by atoms with Gasteiger partial charge in [0, 0.05) is 34.9 Å². The summed E-state index contributed by atoms with van der Waals surface area (Å²) in [5.74, 6) is 0. The predicted molar refractivity (Wildman–Crippen MR) is 113 cm³/mol. The van der Waals surface area contributed by atoms with Crippen molar-refractivity contribution in [1.82, 2.24) is 25.1 Å². The Bertz CT molecular complexity index is 1250. The summed E-state index contributed by atoms with van der Waals surface area (Å²) in [4.78, 5) is 12.7. The average molecular weight is 368 g/mol. The molecule has 0 aliphatic heterocycles. The van der Waals surface area contributed by atoms with Gasteiger partial charge < -0.3 is 10.3 Å². The van der Waals surface area contributed by atoms with Gasteiger partial charge in [-0.2, -0.15) is 5.10 Å². The number of para-hydroxylation sites is 1. The van der Waals surface area contributed by atoms with E-state index in [0.717, 1.165) is 50.3 Å². The van der Waals surface area contributed by atoms with Crippen molar-refractivity contribution in [3.05, 3.63) is 60.9 Å². The highest BCUT2D eigenvalue weighted by Gasteiger charge is 2.14. The maximum atomic E-state index is 4.89. The molecule has 1 aromatic carbocycles. The molecule has 0 fully saturated rings. The Morgan fingerprint density at radius 3 is 2.71 bits per heavy atom. The van der Waals surface area contributed by atoms with E-state index < -0.39 is 0 Å². The molecular weight excluding hydrogens is 348 g/mol. The van der Waals surface area contributed by atoms with Gasteiger partial charge in [0.25, 0.3) is 0 Å². The van der Waals surface area contributed by atoms with Crippen LogP contribution in [0.3, 0.4) is 0 Å². The molecule has 0 aliphatic carbocycles. The van der Waals surface area contributed by atoms with Gasteiger partial charge in [0.2, 0.25) is 0 Å². The lowest BCUT2D eigenvalue weighted by molar-refractivity contribution is 0.898. The molecule has 0 spiro atoms. The molecule has 5 rings (SSSR count). The van der Waals surface area contributed by atoms with Crippen molar-refractivity contribution in [2.75, 3.05) is 5.32 Å². The summed E-state index contributed by atoms with van der Waals surface area (Å²) in [5.41, 5.74) is 7.41. The first-order chi connectivity index (χ1) is 13.7. The van der Waals surface area contributed by atoms with Crippen LogP contribution in [0.25, 0.3) is 44.6 Å². The Labute approximate surface area is 162 Å². The predicted octanol–water partition coefficient (Wildman–Crippen LogP) is 4.99. The van der Waals surface area contributed by atoms with Gasteiger partial charge in [-0.05, 0) is 44.2 Å². The van der Waals surface area contributed by atoms with Crippen molar-refractivity contribution in [2.24, 2.45) is 0 Å². The number of benzene rings is 1. The lowest BCUT2D eigenvalue weighted by Gasteiger charge is -2.10. The summed E-state index contributed by atoms with van der Waals surface area (Å²) in [5, 5.41) is 12.1. The zero-order valence-corrected chi connectivity index (χ0v) is 15.7. The third-order valence-corrected chi connectivity index (χ3v) is 4.68. The number of aromatic nitrogens is 5. The lowest BCUT2D eigenvalue weighted by atomic mass is 10.1. The first-order valence-electron chi connectivity index (χ1n) is 9.32. The van der Waals surface area contributed by atoms with Crippen molar-refractivity contribution >= 4 is 27.6 Å². The number of nitrogens with zero attached hydrogens (tertiary/aromatic N) is 3. The smallest absolute Gasteiger partial charge is 0.135 e. The number of aromatic amines is 2. The second-order valence-electron chi connectivity index (χ2n) is 7.20. The van der Waals surface area contributed by atoms with Gasteiger partial charge in [-0.15, -0.1) is 0 Å². The van der Waals surface area contributed by atoms with Crippen molar-refractivity contribution in [2.45, 2.75) is 19.9 Å². The van der Waals surface area contributed by atoms with E-state index in [0.29, 0.717) is 6.04 Å². The molecule has 0 unspecified atom stereocenters. The fourth-order valence-corrected chi connectivity index (χ4v) is 3.44. The lowest BCUT2D eigenvalue weighted by Crippen LogP contribution is -2.09. The Balaban J connectivity index is 1.60. The maximum absolute atomic E-state index is 4.89. The Hall–Kier alpha value is -3.67. The van der Waals surface area contributed by atoms with Crippen LogP contribution in [0.4, 0.5) is 5.69 Å². The highest BCUT2D eigenvalue weighted by molar-refractivity contribution is 5.94. The second-order valence-corrected chi connectivity index (χ2v) is 7.20. The molecule has 6 heteroatoms. The number of anilines is 1. The van der Waals surface area contributed by atoms with E-state index in [2.05, 4.69) is 63.6 Å². The van der Waals surface area contributed by atoms with Crippen molar-refractivity contribution < 1.29 is 0 Å². The number of pyridine rings is 2. The van der Waals surface area contributed by atoms with Gasteiger partial charge >= 0.3 is 0 Å². The Morgan fingerprint density at radius 2 is 1.86 bits per heavy atom. The van der Waals surface area contributed by atoms with E-state index >= 15 is 0 Å². The van der Waals surface area contributed by atoms with E-state index in [9.17, 15) is 0 Å². The van der Waals surface area contributed by atoms with Gasteiger partial charge in [-0.1, -0.05) is 18.2 Å². The molecule has 0 radical (unpaired) electrons. The van der Waals surface area contributed by atoms with Gasteiger partial charge in [0.15, 0.2) is 0 Å². The third-order valence-electron chi connectivity index (χ3n) is 4.68. The normalized spacial score (nSPS) is 11.5. The molecule has 138 valence electrons. The van der Waals surface area contributed by atoms with Crippen LogP contribution in [-0.4, -0.2) is 31.2 Å². The minimum atomic E-state index is 0.343. The summed E-state index contributed by atoms with van der Waals surface area (Å²) in [6.07, 6.45) is 3.66. The molecule has 0 saturated carbocycles. The van der Waals surface area contributed by atoms with Crippen LogP contribution < -0.4 is 5.32 Å². The summed E-state index contributed by atoms with van der Waals surface area (Å²) in [7, 11) is 0. The third kappa shape index (κ3) is 2.89. The minimum Gasteiger partial charge on any atom is -0.382 e. The number of fused-ring (bicyclic) bond motifs is 2. The number of nitrogens with one attached hydrogen (secondary N) is 3. The quantitative estimate of drug-likeness (QED) is 0.417. The average Bonchev–Trinajstić information content (AvgIpc) is 3.30. The van der Waals surface area contributed by atoms with Gasteiger partial charge in [-0.25, -0.2) is 4.98 Å². The van der Waals surface area contributed by atoms with Crippen molar-refractivity contribution in [3.63, 3.8) is 0 Å². The van der Waals surface area contributed by atoms with Crippen molar-refractivity contribution in [1.29, 1.82) is 0 Å². The van der Waals surface area contributed by atoms with E-state index in [1.54, 1.807) is 0 Å². The molecule has 4 aromatic heterocycles. The van der Waals surface area contributed by atoms with E-state index in [1.165, 1.54) is 0 Å². The topological polar surface area (TPSA) is 82.3 Å². The molecule has 6 nitrogen and oxygen atoms in total. The molecule has 5 aromatic rings. The summed E-state index contributed by atoms with van der Waals surface area (Å²) < 4.78 is 0. The first kappa shape index (κ1) is 16.5. The molecule has 3 N–H and O–H groups in total. The van der Waals surface area contributed by atoms with Crippen LogP contribution in [0, 0.1) is 0 Å². The SMILES string of the molecule is CC(C)Nc1cncc(-c2ccc3[nH]nc(-c4cc5ccccc5[nH]4)c3n2)c1. The molecular formula is C22H20N6. The second kappa shape index (κ2) is 6.49. The molecule has 0 atom stereocenters. The molecule has 0 saturated heterocycles. The summed E-state index contributed by atoms with van der Waals surface area (Å²) in [6.45, 7) is 4.21. The highest BCUT2D eigenvalue weighted by Crippen LogP contribution is 2.29. The standard InChI is InChI=1S/C22H20N6/c1-13(2)24-16-9-15(11-23-12-16)18-7-8-19-21(26-18)22(28-27-19)20-10-14-5-3-4-6-17(14)25-20/h3-13,24-25H,1-2H3,(H,27,28). The molecule has 0 bridgehead atoms. The van der Waals surface area contributed by atoms with E-state index in [-0.39, 0.29) is 0 Å². The summed E-state index contributed by atoms with van der Waals surface area (Å²) >= 11 is 0. The highest BCUT2D eigenvalue weighted by atomic mass is 15.1. The fraction of sp³-hybridized carbons (Fsp3) is 0.136. The molecule has 28 heavy (non-hydrogen) atoms. The number of rotatable bonds is 4. The minimum absolute atomic E-state index is 0.343. The Kier molecular flexibility index (Phi) is 3.83. The zero-order chi connectivity index (χ0) is 19.1. The Morgan fingerprint density at radius 1 is 0.964 bits per heavy atom. The molecule has 4 heterocycles. The maximum Gasteiger partial charge on any atom is 0.135 e. The number of H-pyrrole nitrogens is 2. The van der Waals surface area contributed by atoms with E-state index in [1.807, 2.05) is 36.7 Å².